The second-order valence-corrected chi connectivity index (χ2v) is 5.95. The molecule has 0 radical (unpaired) electrons. The SMILES string of the molecule is CNC(c1cc(OC)c(OC)c(OC)c1)c1ccc(C)s1. The lowest BCUT2D eigenvalue weighted by Crippen LogP contribution is -2.16. The van der Waals surface area contributed by atoms with Gasteiger partial charge in [0.05, 0.1) is 27.4 Å². The van der Waals surface area contributed by atoms with E-state index in [1.807, 2.05) is 19.2 Å². The fourth-order valence-electron chi connectivity index (χ4n) is 2.35. The van der Waals surface area contributed by atoms with Gasteiger partial charge >= 0.3 is 0 Å². The summed E-state index contributed by atoms with van der Waals surface area (Å²) < 4.78 is 16.2. The van der Waals surface area contributed by atoms with E-state index in [2.05, 4.69) is 24.4 Å². The standard InChI is InChI=1S/C16H21NO3S/c1-10-6-7-14(21-10)15(17-2)11-8-12(18-3)16(20-5)13(9-11)19-4/h6-9,15,17H,1-5H3. The number of ether oxygens (including phenoxy) is 3. The van der Waals surface area contributed by atoms with Crippen molar-refractivity contribution >= 4 is 11.3 Å². The van der Waals surface area contributed by atoms with Gasteiger partial charge in [0.1, 0.15) is 0 Å². The molecule has 0 spiro atoms. The molecule has 0 saturated heterocycles. The molecule has 21 heavy (non-hydrogen) atoms. The molecule has 2 rings (SSSR count). The van der Waals surface area contributed by atoms with Gasteiger partial charge in [-0.2, -0.15) is 0 Å². The zero-order valence-electron chi connectivity index (χ0n) is 13.0. The lowest BCUT2D eigenvalue weighted by Gasteiger charge is -2.19. The summed E-state index contributed by atoms with van der Waals surface area (Å²) in [6, 6.07) is 8.33. The fourth-order valence-corrected chi connectivity index (χ4v) is 3.37. The molecular weight excluding hydrogens is 286 g/mol. The zero-order chi connectivity index (χ0) is 15.4. The van der Waals surface area contributed by atoms with Crippen molar-refractivity contribution in [1.82, 2.24) is 5.32 Å². The van der Waals surface area contributed by atoms with Crippen LogP contribution in [0.2, 0.25) is 0 Å². The van der Waals surface area contributed by atoms with Crippen molar-refractivity contribution in [2.45, 2.75) is 13.0 Å². The molecule has 0 aliphatic rings. The van der Waals surface area contributed by atoms with Crippen LogP contribution in [0.4, 0.5) is 0 Å². The van der Waals surface area contributed by atoms with Crippen molar-refractivity contribution in [3.05, 3.63) is 39.6 Å². The smallest absolute Gasteiger partial charge is 0.203 e. The maximum atomic E-state index is 5.43. The van der Waals surface area contributed by atoms with Crippen LogP contribution in [0, 0.1) is 6.92 Å². The van der Waals surface area contributed by atoms with Gasteiger partial charge in [-0.3, -0.25) is 0 Å². The molecule has 0 fully saturated rings. The number of thiophene rings is 1. The van der Waals surface area contributed by atoms with E-state index in [9.17, 15) is 0 Å². The summed E-state index contributed by atoms with van der Waals surface area (Å²) in [4.78, 5) is 2.54. The molecule has 1 N–H and O–H groups in total. The number of aryl methyl sites for hydroxylation is 1. The highest BCUT2D eigenvalue weighted by atomic mass is 32.1. The Morgan fingerprint density at radius 3 is 2.00 bits per heavy atom. The van der Waals surface area contributed by atoms with E-state index in [0.29, 0.717) is 17.2 Å². The molecule has 5 heteroatoms. The summed E-state index contributed by atoms with van der Waals surface area (Å²) in [6.07, 6.45) is 0. The first kappa shape index (κ1) is 15.7. The van der Waals surface area contributed by atoms with E-state index >= 15 is 0 Å². The first-order valence-electron chi connectivity index (χ1n) is 6.68. The van der Waals surface area contributed by atoms with Crippen LogP contribution < -0.4 is 19.5 Å². The second kappa shape index (κ2) is 6.83. The number of benzene rings is 1. The molecule has 1 unspecified atom stereocenters. The van der Waals surface area contributed by atoms with Gasteiger partial charge in [0.2, 0.25) is 5.75 Å². The molecular formula is C16H21NO3S. The molecule has 1 atom stereocenters. The first-order valence-corrected chi connectivity index (χ1v) is 7.49. The van der Waals surface area contributed by atoms with Gasteiger partial charge in [0.25, 0.3) is 0 Å². The minimum atomic E-state index is 0.0948. The number of methoxy groups -OCH3 is 3. The van der Waals surface area contributed by atoms with Crippen molar-refractivity contribution in [3.8, 4) is 17.2 Å². The molecule has 114 valence electrons. The Hall–Kier alpha value is -1.72. The first-order chi connectivity index (χ1) is 10.1. The van der Waals surface area contributed by atoms with Crippen molar-refractivity contribution in [2.24, 2.45) is 0 Å². The highest BCUT2D eigenvalue weighted by Crippen LogP contribution is 2.41. The van der Waals surface area contributed by atoms with E-state index in [0.717, 1.165) is 5.56 Å². The minimum absolute atomic E-state index is 0.0948. The Morgan fingerprint density at radius 1 is 1.00 bits per heavy atom. The largest absolute Gasteiger partial charge is 0.493 e. The van der Waals surface area contributed by atoms with Gasteiger partial charge in [0.15, 0.2) is 11.5 Å². The predicted octanol–water partition coefficient (Wildman–Crippen LogP) is 3.39. The van der Waals surface area contributed by atoms with Crippen LogP contribution in [0.1, 0.15) is 21.4 Å². The Kier molecular flexibility index (Phi) is 5.09. The number of rotatable bonds is 6. The van der Waals surface area contributed by atoms with E-state index in [4.69, 9.17) is 14.2 Å². The third kappa shape index (κ3) is 3.14. The van der Waals surface area contributed by atoms with Gasteiger partial charge < -0.3 is 19.5 Å². The highest BCUT2D eigenvalue weighted by Gasteiger charge is 2.20. The summed E-state index contributed by atoms with van der Waals surface area (Å²) in [5.41, 5.74) is 1.08. The molecule has 0 amide bonds. The normalized spacial score (nSPS) is 12.0. The molecule has 1 heterocycles. The highest BCUT2D eigenvalue weighted by molar-refractivity contribution is 7.12. The Balaban J connectivity index is 2.51. The number of nitrogens with one attached hydrogen (secondary N) is 1. The zero-order valence-corrected chi connectivity index (χ0v) is 13.8. The number of hydrogen-bond donors (Lipinski definition) is 1. The van der Waals surface area contributed by atoms with E-state index in [-0.39, 0.29) is 6.04 Å². The monoisotopic (exact) mass is 307 g/mol. The van der Waals surface area contributed by atoms with Crippen molar-refractivity contribution in [3.63, 3.8) is 0 Å². The van der Waals surface area contributed by atoms with E-state index < -0.39 is 0 Å². The van der Waals surface area contributed by atoms with E-state index in [1.54, 1.807) is 32.7 Å². The van der Waals surface area contributed by atoms with Crippen LogP contribution in [-0.4, -0.2) is 28.4 Å². The third-order valence-corrected chi connectivity index (χ3v) is 4.42. The van der Waals surface area contributed by atoms with Crippen molar-refractivity contribution in [2.75, 3.05) is 28.4 Å². The molecule has 0 aliphatic carbocycles. The van der Waals surface area contributed by atoms with Crippen LogP contribution in [-0.2, 0) is 0 Å². The molecule has 4 nitrogen and oxygen atoms in total. The van der Waals surface area contributed by atoms with Crippen molar-refractivity contribution in [1.29, 1.82) is 0 Å². The quantitative estimate of drug-likeness (QED) is 0.888. The van der Waals surface area contributed by atoms with E-state index in [1.165, 1.54) is 9.75 Å². The Labute approximate surface area is 129 Å². The maximum Gasteiger partial charge on any atom is 0.203 e. The predicted molar refractivity (Wildman–Crippen MR) is 86.1 cm³/mol. The maximum absolute atomic E-state index is 5.43. The van der Waals surface area contributed by atoms with Gasteiger partial charge in [-0.25, -0.2) is 0 Å². The van der Waals surface area contributed by atoms with Gasteiger partial charge in [-0.05, 0) is 43.8 Å². The average molecular weight is 307 g/mol. The molecule has 2 aromatic rings. The molecule has 1 aromatic carbocycles. The van der Waals surface area contributed by atoms with Gasteiger partial charge in [0, 0.05) is 9.75 Å². The van der Waals surface area contributed by atoms with Crippen LogP contribution in [0.3, 0.4) is 0 Å². The van der Waals surface area contributed by atoms with Crippen LogP contribution in [0.15, 0.2) is 24.3 Å². The molecule has 0 aliphatic heterocycles. The van der Waals surface area contributed by atoms with Crippen LogP contribution in [0.5, 0.6) is 17.2 Å². The average Bonchev–Trinajstić information content (AvgIpc) is 2.93. The Morgan fingerprint density at radius 2 is 1.62 bits per heavy atom. The minimum Gasteiger partial charge on any atom is -0.493 e. The topological polar surface area (TPSA) is 39.7 Å². The summed E-state index contributed by atoms with van der Waals surface area (Å²) in [5.74, 6) is 1.95. The molecule has 0 saturated carbocycles. The van der Waals surface area contributed by atoms with Gasteiger partial charge in [-0.15, -0.1) is 11.3 Å². The summed E-state index contributed by atoms with van der Waals surface area (Å²) >= 11 is 1.78. The summed E-state index contributed by atoms with van der Waals surface area (Å²) in [6.45, 7) is 2.11. The van der Waals surface area contributed by atoms with Crippen LogP contribution in [0.25, 0.3) is 0 Å². The Bertz CT molecular complexity index is 584. The third-order valence-electron chi connectivity index (χ3n) is 3.35. The lowest BCUT2D eigenvalue weighted by atomic mass is 10.0. The summed E-state index contributed by atoms with van der Waals surface area (Å²) in [7, 11) is 6.82. The lowest BCUT2D eigenvalue weighted by molar-refractivity contribution is 0.323. The number of hydrogen-bond acceptors (Lipinski definition) is 5. The molecule has 1 aromatic heterocycles. The van der Waals surface area contributed by atoms with Gasteiger partial charge in [-0.1, -0.05) is 0 Å². The molecule has 0 bridgehead atoms. The fraction of sp³-hybridized carbons (Fsp3) is 0.375. The second-order valence-electron chi connectivity index (χ2n) is 4.63. The summed E-state index contributed by atoms with van der Waals surface area (Å²) in [5, 5.41) is 3.35. The van der Waals surface area contributed by atoms with Crippen molar-refractivity contribution < 1.29 is 14.2 Å². The van der Waals surface area contributed by atoms with Crippen LogP contribution >= 0.6 is 11.3 Å².